The minimum Gasteiger partial charge on any atom is -0.309 e. The van der Waals surface area contributed by atoms with Gasteiger partial charge in [-0.2, -0.15) is 0 Å². The van der Waals surface area contributed by atoms with Gasteiger partial charge < -0.3 is 5.41 Å². The predicted molar refractivity (Wildman–Crippen MR) is 42.0 cm³/mol. The summed E-state index contributed by atoms with van der Waals surface area (Å²) >= 11 is 0. The zero-order chi connectivity index (χ0) is 7.28. The van der Waals surface area contributed by atoms with E-state index in [1.165, 1.54) is 11.8 Å². The fourth-order valence-electron chi connectivity index (χ4n) is 0.484. The van der Waals surface area contributed by atoms with E-state index in [0.717, 1.165) is 5.57 Å². The summed E-state index contributed by atoms with van der Waals surface area (Å²) in [6.45, 7) is 6.03. The lowest BCUT2D eigenvalue weighted by atomic mass is 10.1. The molecule has 0 aromatic heterocycles. The molecular formula is C8H13N. The third-order valence-electron chi connectivity index (χ3n) is 1.39. The van der Waals surface area contributed by atoms with Crippen LogP contribution in [0.3, 0.4) is 0 Å². The van der Waals surface area contributed by atoms with E-state index in [2.05, 4.69) is 0 Å². The Hall–Kier alpha value is -0.850. The summed E-state index contributed by atoms with van der Waals surface area (Å²) < 4.78 is 0. The third kappa shape index (κ3) is 2.85. The van der Waals surface area contributed by atoms with Crippen LogP contribution in [0.5, 0.6) is 0 Å². The van der Waals surface area contributed by atoms with Crippen LogP contribution in [0, 0.1) is 5.41 Å². The van der Waals surface area contributed by atoms with Crippen molar-refractivity contribution in [3.05, 3.63) is 23.3 Å². The van der Waals surface area contributed by atoms with Gasteiger partial charge in [-0.05, 0) is 32.4 Å². The summed E-state index contributed by atoms with van der Waals surface area (Å²) in [5.74, 6) is 0. The minimum absolute atomic E-state index is 1.16. The van der Waals surface area contributed by atoms with Crippen LogP contribution in [0.4, 0.5) is 0 Å². The van der Waals surface area contributed by atoms with Crippen molar-refractivity contribution in [2.75, 3.05) is 0 Å². The van der Waals surface area contributed by atoms with E-state index in [0.29, 0.717) is 0 Å². The first-order valence-electron chi connectivity index (χ1n) is 3.03. The van der Waals surface area contributed by atoms with Gasteiger partial charge >= 0.3 is 0 Å². The fraction of sp³-hybridized carbons (Fsp3) is 0.375. The first-order valence-corrected chi connectivity index (χ1v) is 3.03. The van der Waals surface area contributed by atoms with Gasteiger partial charge in [-0.25, -0.2) is 0 Å². The molecule has 1 nitrogen and oxygen atoms in total. The molecule has 0 aliphatic carbocycles. The lowest BCUT2D eigenvalue weighted by Gasteiger charge is -1.95. The second kappa shape index (κ2) is 4.07. The third-order valence-corrected chi connectivity index (χ3v) is 1.39. The summed E-state index contributed by atoms with van der Waals surface area (Å²) in [4.78, 5) is 0. The summed E-state index contributed by atoms with van der Waals surface area (Å²) in [5, 5.41) is 6.77. The molecule has 0 unspecified atom stereocenters. The van der Waals surface area contributed by atoms with Gasteiger partial charge in [0.1, 0.15) is 0 Å². The highest BCUT2D eigenvalue weighted by atomic mass is 14.3. The Morgan fingerprint density at radius 2 is 1.78 bits per heavy atom. The van der Waals surface area contributed by atoms with Gasteiger partial charge in [0, 0.05) is 6.21 Å². The van der Waals surface area contributed by atoms with Crippen LogP contribution in [-0.2, 0) is 0 Å². The van der Waals surface area contributed by atoms with E-state index in [-0.39, 0.29) is 0 Å². The van der Waals surface area contributed by atoms with Crippen LogP contribution in [0.15, 0.2) is 23.3 Å². The molecule has 0 atom stereocenters. The van der Waals surface area contributed by atoms with Gasteiger partial charge in [-0.15, -0.1) is 0 Å². The van der Waals surface area contributed by atoms with Crippen LogP contribution in [0.1, 0.15) is 20.8 Å². The zero-order valence-corrected chi connectivity index (χ0v) is 6.23. The second-order valence-electron chi connectivity index (χ2n) is 1.99. The van der Waals surface area contributed by atoms with Crippen molar-refractivity contribution in [2.24, 2.45) is 0 Å². The van der Waals surface area contributed by atoms with E-state index in [1.807, 2.05) is 26.8 Å². The smallest absolute Gasteiger partial charge is 0.0180 e. The number of nitrogens with one attached hydrogen (secondary N) is 1. The quantitative estimate of drug-likeness (QED) is 0.431. The Bertz CT molecular complexity index is 152. The maximum atomic E-state index is 6.77. The van der Waals surface area contributed by atoms with Crippen molar-refractivity contribution in [1.82, 2.24) is 0 Å². The van der Waals surface area contributed by atoms with E-state index in [1.54, 1.807) is 6.08 Å². The number of hydrogen-bond donors (Lipinski definition) is 1. The Balaban J connectivity index is 4.19. The molecule has 1 N–H and O–H groups in total. The van der Waals surface area contributed by atoms with Crippen LogP contribution in [0.25, 0.3) is 0 Å². The monoisotopic (exact) mass is 123 g/mol. The topological polar surface area (TPSA) is 23.9 Å². The summed E-state index contributed by atoms with van der Waals surface area (Å²) in [5.41, 5.74) is 2.39. The molecule has 0 aliphatic heterocycles. The Kier molecular flexibility index (Phi) is 3.69. The van der Waals surface area contributed by atoms with Crippen molar-refractivity contribution in [2.45, 2.75) is 20.8 Å². The van der Waals surface area contributed by atoms with Crippen molar-refractivity contribution < 1.29 is 0 Å². The maximum absolute atomic E-state index is 6.77. The molecule has 9 heavy (non-hydrogen) atoms. The minimum atomic E-state index is 1.16. The number of hydrogen-bond acceptors (Lipinski definition) is 1. The lowest BCUT2D eigenvalue weighted by molar-refractivity contribution is 1.33. The predicted octanol–water partition coefficient (Wildman–Crippen LogP) is 2.55. The van der Waals surface area contributed by atoms with Gasteiger partial charge in [-0.1, -0.05) is 11.6 Å². The Labute approximate surface area is 56.6 Å². The average Bonchev–Trinajstić information content (AvgIpc) is 1.87. The van der Waals surface area contributed by atoms with Crippen molar-refractivity contribution in [1.29, 1.82) is 5.41 Å². The van der Waals surface area contributed by atoms with Crippen LogP contribution in [-0.4, -0.2) is 6.21 Å². The normalized spacial score (nSPS) is 13.7. The highest BCUT2D eigenvalue weighted by Gasteiger charge is 1.86. The van der Waals surface area contributed by atoms with E-state index in [4.69, 9.17) is 5.41 Å². The van der Waals surface area contributed by atoms with Crippen LogP contribution < -0.4 is 0 Å². The molecular weight excluding hydrogens is 110 g/mol. The summed E-state index contributed by atoms with van der Waals surface area (Å²) in [6.07, 6.45) is 5.13. The molecule has 1 heteroatoms. The highest BCUT2D eigenvalue weighted by molar-refractivity contribution is 5.70. The standard InChI is InChI=1S/C8H13N/c1-4-7(2)8(3)5-6-9/h4-6,9H,1-3H3/b7-4-,8-5-,9-6?. The first-order chi connectivity index (χ1) is 4.22. The van der Waals surface area contributed by atoms with Gasteiger partial charge in [0.25, 0.3) is 0 Å². The highest BCUT2D eigenvalue weighted by Crippen LogP contribution is 2.05. The van der Waals surface area contributed by atoms with Crippen molar-refractivity contribution in [3.63, 3.8) is 0 Å². The van der Waals surface area contributed by atoms with E-state index < -0.39 is 0 Å². The van der Waals surface area contributed by atoms with Crippen molar-refractivity contribution >= 4 is 6.21 Å². The molecule has 0 fully saturated rings. The molecule has 0 bridgehead atoms. The molecule has 0 aromatic carbocycles. The lowest BCUT2D eigenvalue weighted by Crippen LogP contribution is -1.77. The first kappa shape index (κ1) is 8.15. The summed E-state index contributed by atoms with van der Waals surface area (Å²) in [7, 11) is 0. The van der Waals surface area contributed by atoms with Crippen LogP contribution >= 0.6 is 0 Å². The largest absolute Gasteiger partial charge is 0.309 e. The van der Waals surface area contributed by atoms with Crippen molar-refractivity contribution in [3.8, 4) is 0 Å². The van der Waals surface area contributed by atoms with E-state index in [9.17, 15) is 0 Å². The molecule has 0 aliphatic rings. The fourth-order valence-corrected chi connectivity index (χ4v) is 0.484. The molecule has 0 saturated heterocycles. The molecule has 0 rings (SSSR count). The zero-order valence-electron chi connectivity index (χ0n) is 6.23. The second-order valence-corrected chi connectivity index (χ2v) is 1.99. The molecule has 50 valence electrons. The molecule has 0 saturated carbocycles. The Morgan fingerprint density at radius 1 is 1.22 bits per heavy atom. The van der Waals surface area contributed by atoms with Gasteiger partial charge in [0.2, 0.25) is 0 Å². The average molecular weight is 123 g/mol. The Morgan fingerprint density at radius 3 is 2.11 bits per heavy atom. The SMILES string of the molecule is C/C=C(C)\C(C)=C/C=N. The van der Waals surface area contributed by atoms with E-state index >= 15 is 0 Å². The molecule has 0 heterocycles. The molecule has 0 spiro atoms. The molecule has 0 radical (unpaired) electrons. The molecule has 0 aromatic rings. The maximum Gasteiger partial charge on any atom is 0.0180 e. The number of allylic oxidation sites excluding steroid dienone is 4. The van der Waals surface area contributed by atoms with Gasteiger partial charge in [0.05, 0.1) is 0 Å². The van der Waals surface area contributed by atoms with Gasteiger partial charge in [-0.3, -0.25) is 0 Å². The van der Waals surface area contributed by atoms with Crippen LogP contribution in [0.2, 0.25) is 0 Å². The van der Waals surface area contributed by atoms with Gasteiger partial charge in [0.15, 0.2) is 0 Å². The number of rotatable bonds is 2. The summed E-state index contributed by atoms with van der Waals surface area (Å²) in [6, 6.07) is 0. The molecule has 0 amide bonds.